The molecule has 0 spiro atoms. The highest BCUT2D eigenvalue weighted by atomic mass is 32.2. The maximum Gasteiger partial charge on any atom is 0.0902 e. The summed E-state index contributed by atoms with van der Waals surface area (Å²) in [5.41, 5.74) is 0.249. The molecule has 0 aliphatic heterocycles. The molecular formula is C17H18OS. The van der Waals surface area contributed by atoms with E-state index in [0.717, 1.165) is 15.4 Å². The standard InChI is InChI=1S/C17H18OS/c1-17(2,18)16(13-14-9-5-3-6-10-14)19-15-11-7-4-8-12-15/h3-13,18H,1-2H3/b16-13-. The van der Waals surface area contributed by atoms with Gasteiger partial charge in [0.15, 0.2) is 0 Å². The van der Waals surface area contributed by atoms with Gasteiger partial charge in [0.05, 0.1) is 5.60 Å². The number of rotatable bonds is 4. The van der Waals surface area contributed by atoms with Crippen molar-refractivity contribution in [1.29, 1.82) is 0 Å². The van der Waals surface area contributed by atoms with E-state index in [1.807, 2.05) is 68.5 Å². The van der Waals surface area contributed by atoms with Crippen molar-refractivity contribution >= 4 is 17.8 Å². The van der Waals surface area contributed by atoms with Gasteiger partial charge in [-0.05, 0) is 37.6 Å². The van der Waals surface area contributed by atoms with Gasteiger partial charge in [-0.2, -0.15) is 0 Å². The Morgan fingerprint density at radius 1 is 0.947 bits per heavy atom. The number of aliphatic hydroxyl groups is 1. The Labute approximate surface area is 119 Å². The molecule has 98 valence electrons. The minimum Gasteiger partial charge on any atom is -0.385 e. The van der Waals surface area contributed by atoms with E-state index in [1.54, 1.807) is 11.8 Å². The fourth-order valence-electron chi connectivity index (χ4n) is 1.65. The molecule has 1 N–H and O–H groups in total. The summed E-state index contributed by atoms with van der Waals surface area (Å²) in [5.74, 6) is 0. The van der Waals surface area contributed by atoms with Crippen LogP contribution in [-0.2, 0) is 0 Å². The zero-order chi connectivity index (χ0) is 13.7. The summed E-state index contributed by atoms with van der Waals surface area (Å²) in [5, 5.41) is 10.3. The monoisotopic (exact) mass is 270 g/mol. The summed E-state index contributed by atoms with van der Waals surface area (Å²) in [6.07, 6.45) is 2.04. The van der Waals surface area contributed by atoms with Crippen LogP contribution in [0.5, 0.6) is 0 Å². The van der Waals surface area contributed by atoms with Gasteiger partial charge in [-0.25, -0.2) is 0 Å². The van der Waals surface area contributed by atoms with Crippen molar-refractivity contribution in [2.45, 2.75) is 24.3 Å². The lowest BCUT2D eigenvalue weighted by Crippen LogP contribution is -2.19. The van der Waals surface area contributed by atoms with Gasteiger partial charge in [0.1, 0.15) is 0 Å². The Morgan fingerprint density at radius 3 is 2.00 bits per heavy atom. The second kappa shape index (κ2) is 6.09. The van der Waals surface area contributed by atoms with Gasteiger partial charge in [-0.3, -0.25) is 0 Å². The predicted octanol–water partition coefficient (Wildman–Crippen LogP) is 4.59. The normalized spacial score (nSPS) is 12.5. The van der Waals surface area contributed by atoms with Crippen LogP contribution in [0, 0.1) is 0 Å². The molecular weight excluding hydrogens is 252 g/mol. The van der Waals surface area contributed by atoms with E-state index in [1.165, 1.54) is 0 Å². The molecule has 0 saturated carbocycles. The minimum atomic E-state index is -0.851. The van der Waals surface area contributed by atoms with Crippen LogP contribution in [-0.4, -0.2) is 10.7 Å². The maximum absolute atomic E-state index is 10.3. The van der Waals surface area contributed by atoms with E-state index < -0.39 is 5.60 Å². The van der Waals surface area contributed by atoms with Gasteiger partial charge in [0, 0.05) is 9.80 Å². The molecule has 0 saturated heterocycles. The van der Waals surface area contributed by atoms with Crippen LogP contribution in [0.4, 0.5) is 0 Å². The average Bonchev–Trinajstić information content (AvgIpc) is 2.39. The van der Waals surface area contributed by atoms with E-state index in [-0.39, 0.29) is 0 Å². The van der Waals surface area contributed by atoms with Crippen molar-refractivity contribution in [1.82, 2.24) is 0 Å². The molecule has 0 radical (unpaired) electrons. The summed E-state index contributed by atoms with van der Waals surface area (Å²) in [6.45, 7) is 3.63. The fraction of sp³-hybridized carbons (Fsp3) is 0.176. The third kappa shape index (κ3) is 4.27. The minimum absolute atomic E-state index is 0.851. The Morgan fingerprint density at radius 2 is 1.47 bits per heavy atom. The average molecular weight is 270 g/mol. The van der Waals surface area contributed by atoms with E-state index in [4.69, 9.17) is 0 Å². The van der Waals surface area contributed by atoms with Crippen molar-refractivity contribution in [2.24, 2.45) is 0 Å². The molecule has 2 aromatic carbocycles. The third-order valence-electron chi connectivity index (χ3n) is 2.67. The summed E-state index contributed by atoms with van der Waals surface area (Å²) < 4.78 is 0. The maximum atomic E-state index is 10.3. The Hall–Kier alpha value is -1.51. The lowest BCUT2D eigenvalue weighted by Gasteiger charge is -2.21. The highest BCUT2D eigenvalue weighted by molar-refractivity contribution is 8.03. The second-order valence-corrected chi connectivity index (χ2v) is 6.01. The van der Waals surface area contributed by atoms with Crippen molar-refractivity contribution in [3.05, 3.63) is 71.1 Å². The number of thioether (sulfide) groups is 1. The lowest BCUT2D eigenvalue weighted by atomic mass is 10.1. The van der Waals surface area contributed by atoms with Crippen LogP contribution in [0.15, 0.2) is 70.5 Å². The molecule has 0 aliphatic rings. The van der Waals surface area contributed by atoms with Gasteiger partial charge in [-0.15, -0.1) is 0 Å². The highest BCUT2D eigenvalue weighted by Crippen LogP contribution is 2.35. The Kier molecular flexibility index (Phi) is 4.46. The summed E-state index contributed by atoms with van der Waals surface area (Å²) in [6, 6.07) is 20.2. The van der Waals surface area contributed by atoms with Gasteiger partial charge in [0.2, 0.25) is 0 Å². The second-order valence-electron chi connectivity index (χ2n) is 4.89. The SMILES string of the molecule is CC(C)(O)/C(=C/c1ccccc1)Sc1ccccc1. The molecule has 2 rings (SSSR count). The molecule has 0 bridgehead atoms. The predicted molar refractivity (Wildman–Crippen MR) is 83.0 cm³/mol. The number of benzene rings is 2. The smallest absolute Gasteiger partial charge is 0.0902 e. The molecule has 0 fully saturated rings. The zero-order valence-electron chi connectivity index (χ0n) is 11.2. The van der Waals surface area contributed by atoms with E-state index in [2.05, 4.69) is 12.1 Å². The first-order valence-electron chi connectivity index (χ1n) is 6.28. The van der Waals surface area contributed by atoms with Crippen LogP contribution in [0.3, 0.4) is 0 Å². The van der Waals surface area contributed by atoms with Gasteiger partial charge < -0.3 is 5.11 Å². The molecule has 0 unspecified atom stereocenters. The van der Waals surface area contributed by atoms with Crippen LogP contribution < -0.4 is 0 Å². The van der Waals surface area contributed by atoms with Gasteiger partial charge in [-0.1, -0.05) is 60.3 Å². The van der Waals surface area contributed by atoms with E-state index >= 15 is 0 Å². The van der Waals surface area contributed by atoms with Gasteiger partial charge >= 0.3 is 0 Å². The van der Waals surface area contributed by atoms with Crippen molar-refractivity contribution < 1.29 is 5.11 Å². The molecule has 2 heteroatoms. The summed E-state index contributed by atoms with van der Waals surface area (Å²) in [7, 11) is 0. The summed E-state index contributed by atoms with van der Waals surface area (Å²) >= 11 is 1.60. The quantitative estimate of drug-likeness (QED) is 0.820. The van der Waals surface area contributed by atoms with Gasteiger partial charge in [0.25, 0.3) is 0 Å². The zero-order valence-corrected chi connectivity index (χ0v) is 12.0. The number of hydrogen-bond acceptors (Lipinski definition) is 2. The third-order valence-corrected chi connectivity index (χ3v) is 4.02. The summed E-state index contributed by atoms with van der Waals surface area (Å²) in [4.78, 5) is 2.07. The van der Waals surface area contributed by atoms with Crippen molar-refractivity contribution in [2.75, 3.05) is 0 Å². The molecule has 0 atom stereocenters. The fourth-order valence-corrected chi connectivity index (χ4v) is 2.64. The van der Waals surface area contributed by atoms with Crippen LogP contribution in [0.25, 0.3) is 6.08 Å². The first-order valence-corrected chi connectivity index (χ1v) is 7.10. The Balaban J connectivity index is 2.30. The molecule has 0 aromatic heterocycles. The highest BCUT2D eigenvalue weighted by Gasteiger charge is 2.20. The Bertz CT molecular complexity index is 538. The van der Waals surface area contributed by atoms with Crippen LogP contribution in [0.2, 0.25) is 0 Å². The molecule has 0 heterocycles. The molecule has 19 heavy (non-hydrogen) atoms. The van der Waals surface area contributed by atoms with Crippen LogP contribution >= 0.6 is 11.8 Å². The molecule has 2 aromatic rings. The topological polar surface area (TPSA) is 20.2 Å². The lowest BCUT2D eigenvalue weighted by molar-refractivity contribution is 0.130. The molecule has 1 nitrogen and oxygen atoms in total. The first-order chi connectivity index (χ1) is 9.05. The van der Waals surface area contributed by atoms with E-state index in [0.29, 0.717) is 0 Å². The largest absolute Gasteiger partial charge is 0.385 e. The first kappa shape index (κ1) is 13.9. The number of hydrogen-bond donors (Lipinski definition) is 1. The van der Waals surface area contributed by atoms with E-state index in [9.17, 15) is 5.11 Å². The molecule has 0 aliphatic carbocycles. The van der Waals surface area contributed by atoms with Crippen LogP contribution in [0.1, 0.15) is 19.4 Å². The molecule has 0 amide bonds. The van der Waals surface area contributed by atoms with Crippen molar-refractivity contribution in [3.8, 4) is 0 Å². The van der Waals surface area contributed by atoms with Crippen molar-refractivity contribution in [3.63, 3.8) is 0 Å².